The van der Waals surface area contributed by atoms with E-state index in [1.807, 2.05) is 9.80 Å². The standard InChI is InChI=1S/C22H37N7O6/c30-19(31)4-3-6-26-8-10-27(11-9-26)16-18-17-29(22(33)34-18)7-2-1-5-25-12-14-28(15-13-25)20-23-21(32)35-24-20/h18H,1-17H2,(H,30,31)(H,23,24,32). The van der Waals surface area contributed by atoms with Gasteiger partial charge in [-0.25, -0.2) is 9.59 Å². The molecular formula is C22H37N7O6. The molecule has 0 aromatic carbocycles. The van der Waals surface area contributed by atoms with Gasteiger partial charge in [-0.2, -0.15) is 0 Å². The second kappa shape index (κ2) is 12.4. The van der Waals surface area contributed by atoms with E-state index in [1.54, 1.807) is 0 Å². The first-order chi connectivity index (χ1) is 17.0. The summed E-state index contributed by atoms with van der Waals surface area (Å²) in [7, 11) is 0. The van der Waals surface area contributed by atoms with E-state index < -0.39 is 11.7 Å². The number of amides is 1. The first kappa shape index (κ1) is 25.5. The van der Waals surface area contributed by atoms with Gasteiger partial charge in [0.15, 0.2) is 0 Å². The lowest BCUT2D eigenvalue weighted by molar-refractivity contribution is -0.137. The molecule has 35 heavy (non-hydrogen) atoms. The molecule has 3 aliphatic heterocycles. The summed E-state index contributed by atoms with van der Waals surface area (Å²) in [5.74, 6) is -0.773. The minimum Gasteiger partial charge on any atom is -0.481 e. The lowest BCUT2D eigenvalue weighted by atomic mass is 10.2. The number of anilines is 1. The van der Waals surface area contributed by atoms with Gasteiger partial charge in [0.2, 0.25) is 5.95 Å². The zero-order valence-electron chi connectivity index (χ0n) is 20.3. The maximum atomic E-state index is 12.3. The Hall–Kier alpha value is -2.64. The van der Waals surface area contributed by atoms with Crippen LogP contribution in [0.15, 0.2) is 9.32 Å². The molecule has 2 N–H and O–H groups in total. The first-order valence-electron chi connectivity index (χ1n) is 12.6. The molecule has 3 aliphatic rings. The summed E-state index contributed by atoms with van der Waals surface area (Å²) in [5, 5.41) is 12.5. The van der Waals surface area contributed by atoms with Crippen molar-refractivity contribution >= 4 is 18.0 Å². The Morgan fingerprint density at radius 1 is 0.914 bits per heavy atom. The van der Waals surface area contributed by atoms with Crippen molar-refractivity contribution in [3.63, 3.8) is 0 Å². The SMILES string of the molecule is O=C(O)CCCN1CCN(CC2CN(CCCCN3CCN(c4noc(=O)[nH]4)CC3)C(=O)O2)CC1. The molecule has 1 aromatic rings. The third-order valence-corrected chi connectivity index (χ3v) is 6.99. The van der Waals surface area contributed by atoms with Gasteiger partial charge in [0.1, 0.15) is 6.10 Å². The highest BCUT2D eigenvalue weighted by atomic mass is 16.6. The van der Waals surface area contributed by atoms with Crippen LogP contribution in [0.4, 0.5) is 10.7 Å². The van der Waals surface area contributed by atoms with Gasteiger partial charge in [0.25, 0.3) is 0 Å². The van der Waals surface area contributed by atoms with Crippen LogP contribution in [0.1, 0.15) is 25.7 Å². The Kier molecular flexibility index (Phi) is 8.99. The zero-order chi connectivity index (χ0) is 24.6. The fourth-order valence-electron chi connectivity index (χ4n) is 4.97. The Labute approximate surface area is 204 Å². The van der Waals surface area contributed by atoms with Gasteiger partial charge in [-0.05, 0) is 37.5 Å². The normalized spacial score (nSPS) is 22.6. The number of piperazine rings is 2. The number of rotatable bonds is 12. The number of carbonyl (C=O) groups is 2. The molecule has 0 bridgehead atoms. The molecule has 0 spiro atoms. The number of carboxylic acids is 1. The van der Waals surface area contributed by atoms with Crippen LogP contribution < -0.4 is 10.7 Å². The predicted octanol–water partition coefficient (Wildman–Crippen LogP) is -0.432. The number of cyclic esters (lactones) is 1. The molecule has 0 aliphatic carbocycles. The molecule has 4 rings (SSSR count). The van der Waals surface area contributed by atoms with Gasteiger partial charge in [0.05, 0.1) is 6.54 Å². The van der Waals surface area contributed by atoms with E-state index in [-0.39, 0.29) is 18.6 Å². The van der Waals surface area contributed by atoms with Crippen molar-refractivity contribution in [2.24, 2.45) is 0 Å². The molecule has 196 valence electrons. The molecular weight excluding hydrogens is 458 g/mol. The lowest BCUT2D eigenvalue weighted by Crippen LogP contribution is -2.49. The summed E-state index contributed by atoms with van der Waals surface area (Å²) in [6, 6.07) is 0. The topological polar surface area (TPSA) is 139 Å². The quantitative estimate of drug-likeness (QED) is 0.365. The Morgan fingerprint density at radius 3 is 2.20 bits per heavy atom. The minimum absolute atomic E-state index is 0.0860. The number of nitrogens with one attached hydrogen (secondary N) is 1. The molecule has 3 saturated heterocycles. The number of unbranched alkanes of at least 4 members (excludes halogenated alkanes) is 1. The number of hydrogen-bond donors (Lipinski definition) is 2. The summed E-state index contributed by atoms with van der Waals surface area (Å²) in [4.78, 5) is 47.5. The van der Waals surface area contributed by atoms with E-state index >= 15 is 0 Å². The zero-order valence-corrected chi connectivity index (χ0v) is 20.3. The van der Waals surface area contributed by atoms with Crippen molar-refractivity contribution in [3.05, 3.63) is 10.6 Å². The van der Waals surface area contributed by atoms with Gasteiger partial charge in [0, 0.05) is 71.9 Å². The summed E-state index contributed by atoms with van der Waals surface area (Å²) in [5.41, 5.74) is 0. The minimum atomic E-state index is -0.738. The molecule has 13 nitrogen and oxygen atoms in total. The van der Waals surface area contributed by atoms with Crippen LogP contribution in [0.2, 0.25) is 0 Å². The highest BCUT2D eigenvalue weighted by molar-refractivity contribution is 5.69. The van der Waals surface area contributed by atoms with E-state index in [0.717, 1.165) is 84.8 Å². The van der Waals surface area contributed by atoms with E-state index in [0.29, 0.717) is 25.5 Å². The van der Waals surface area contributed by atoms with Crippen LogP contribution in [0.25, 0.3) is 0 Å². The number of aliphatic carboxylic acids is 1. The van der Waals surface area contributed by atoms with Crippen LogP contribution in [0, 0.1) is 0 Å². The fraction of sp³-hybridized carbons (Fsp3) is 0.818. The summed E-state index contributed by atoms with van der Waals surface area (Å²) < 4.78 is 10.2. The maximum absolute atomic E-state index is 12.3. The molecule has 1 amide bonds. The van der Waals surface area contributed by atoms with E-state index in [4.69, 9.17) is 9.84 Å². The number of carboxylic acid groups (broad SMARTS) is 1. The third kappa shape index (κ3) is 7.67. The monoisotopic (exact) mass is 495 g/mol. The average Bonchev–Trinajstić information content (AvgIpc) is 3.43. The average molecular weight is 496 g/mol. The van der Waals surface area contributed by atoms with Crippen molar-refractivity contribution in [3.8, 4) is 0 Å². The second-order valence-corrected chi connectivity index (χ2v) is 9.55. The molecule has 0 saturated carbocycles. The van der Waals surface area contributed by atoms with Crippen molar-refractivity contribution in [1.82, 2.24) is 29.7 Å². The number of carbonyl (C=O) groups excluding carboxylic acids is 1. The molecule has 3 fully saturated rings. The molecule has 0 radical (unpaired) electrons. The first-order valence-corrected chi connectivity index (χ1v) is 12.6. The van der Waals surface area contributed by atoms with E-state index in [2.05, 4.69) is 29.4 Å². The number of nitrogens with zero attached hydrogens (tertiary/aromatic N) is 6. The molecule has 1 aromatic heterocycles. The third-order valence-electron chi connectivity index (χ3n) is 6.99. The fourth-order valence-corrected chi connectivity index (χ4v) is 4.97. The van der Waals surface area contributed by atoms with Gasteiger partial charge in [-0.15, -0.1) is 0 Å². The number of hydrogen-bond acceptors (Lipinski definition) is 10. The van der Waals surface area contributed by atoms with Crippen molar-refractivity contribution in [2.75, 3.05) is 90.0 Å². The highest BCUT2D eigenvalue weighted by Crippen LogP contribution is 2.15. The summed E-state index contributed by atoms with van der Waals surface area (Å²) in [6.45, 7) is 11.0. The highest BCUT2D eigenvalue weighted by Gasteiger charge is 2.32. The summed E-state index contributed by atoms with van der Waals surface area (Å²) in [6.07, 6.45) is 2.56. The van der Waals surface area contributed by atoms with Crippen LogP contribution in [-0.2, 0) is 9.53 Å². The Morgan fingerprint density at radius 2 is 1.54 bits per heavy atom. The molecule has 4 heterocycles. The van der Waals surface area contributed by atoms with Gasteiger partial charge in [-0.3, -0.25) is 24.1 Å². The lowest BCUT2D eigenvalue weighted by Gasteiger charge is -2.35. The van der Waals surface area contributed by atoms with E-state index in [9.17, 15) is 14.4 Å². The smallest absolute Gasteiger partial charge is 0.440 e. The number of aromatic nitrogens is 2. The number of aromatic amines is 1. The van der Waals surface area contributed by atoms with Crippen molar-refractivity contribution in [2.45, 2.75) is 31.8 Å². The van der Waals surface area contributed by atoms with Gasteiger partial charge >= 0.3 is 17.8 Å². The predicted molar refractivity (Wildman–Crippen MR) is 127 cm³/mol. The van der Waals surface area contributed by atoms with Crippen molar-refractivity contribution < 1.29 is 24.0 Å². The maximum Gasteiger partial charge on any atom is 0.440 e. The van der Waals surface area contributed by atoms with Crippen LogP contribution in [0.3, 0.4) is 0 Å². The van der Waals surface area contributed by atoms with Crippen LogP contribution in [-0.4, -0.2) is 138 Å². The Bertz CT molecular complexity index is 876. The van der Waals surface area contributed by atoms with Crippen LogP contribution in [0.5, 0.6) is 0 Å². The molecule has 1 unspecified atom stereocenters. The second-order valence-electron chi connectivity index (χ2n) is 9.55. The molecule has 13 heteroatoms. The van der Waals surface area contributed by atoms with Crippen molar-refractivity contribution in [1.29, 1.82) is 0 Å². The molecule has 1 atom stereocenters. The van der Waals surface area contributed by atoms with Gasteiger partial charge in [-0.1, -0.05) is 0 Å². The number of ether oxygens (including phenoxy) is 1. The number of H-pyrrole nitrogens is 1. The van der Waals surface area contributed by atoms with Crippen LogP contribution >= 0.6 is 0 Å². The van der Waals surface area contributed by atoms with E-state index in [1.165, 1.54) is 0 Å². The Balaban J connectivity index is 1.06. The largest absolute Gasteiger partial charge is 0.481 e. The summed E-state index contributed by atoms with van der Waals surface area (Å²) >= 11 is 0. The van der Waals surface area contributed by atoms with Gasteiger partial charge < -0.3 is 24.5 Å².